The van der Waals surface area contributed by atoms with Gasteiger partial charge in [0, 0.05) is 18.8 Å². The number of carboxylic acid groups (broad SMARTS) is 1. The molecule has 2 rings (SSSR count). The third kappa shape index (κ3) is 4.42. The van der Waals surface area contributed by atoms with E-state index in [0.29, 0.717) is 12.5 Å². The maximum Gasteiger partial charge on any atom is 0.337 e. The lowest BCUT2D eigenvalue weighted by Gasteiger charge is -2.10. The van der Waals surface area contributed by atoms with Gasteiger partial charge < -0.3 is 15.6 Å². The Balaban J connectivity index is 2.00. The molecule has 0 atom stereocenters. The zero-order chi connectivity index (χ0) is 15.5. The van der Waals surface area contributed by atoms with Crippen LogP contribution in [0.15, 0.2) is 23.1 Å². The number of anilines is 1. The molecular weight excluding hydrogens is 296 g/mol. The molecule has 0 spiro atoms. The van der Waals surface area contributed by atoms with Crippen LogP contribution in [0.4, 0.5) is 5.69 Å². The Morgan fingerprint density at radius 1 is 1.43 bits per heavy atom. The van der Waals surface area contributed by atoms with Gasteiger partial charge in [-0.15, -0.1) is 0 Å². The van der Waals surface area contributed by atoms with Gasteiger partial charge in [-0.2, -0.15) is 0 Å². The van der Waals surface area contributed by atoms with Crippen LogP contribution in [0.2, 0.25) is 0 Å². The largest absolute Gasteiger partial charge is 0.478 e. The normalized spacial score (nSPS) is 15.0. The summed E-state index contributed by atoms with van der Waals surface area (Å²) in [7, 11) is -3.93. The zero-order valence-corrected chi connectivity index (χ0v) is 12.2. The van der Waals surface area contributed by atoms with E-state index < -0.39 is 16.0 Å². The first-order valence-corrected chi connectivity index (χ1v) is 8.08. The number of benzene rings is 1. The molecular formula is C13H18N2O5S. The predicted molar refractivity (Wildman–Crippen MR) is 76.5 cm³/mol. The average Bonchev–Trinajstić information content (AvgIpc) is 3.22. The number of aromatic carboxylic acids is 1. The van der Waals surface area contributed by atoms with Crippen molar-refractivity contribution < 1.29 is 23.1 Å². The highest BCUT2D eigenvalue weighted by Gasteiger charge is 2.23. The highest BCUT2D eigenvalue weighted by atomic mass is 32.2. The monoisotopic (exact) mass is 314 g/mol. The van der Waals surface area contributed by atoms with E-state index in [1.165, 1.54) is 12.1 Å². The molecule has 1 aliphatic rings. The van der Waals surface area contributed by atoms with Crippen LogP contribution in [-0.4, -0.2) is 39.3 Å². The van der Waals surface area contributed by atoms with Crippen molar-refractivity contribution in [1.29, 1.82) is 0 Å². The van der Waals surface area contributed by atoms with Crippen molar-refractivity contribution in [2.24, 2.45) is 5.92 Å². The molecule has 8 heteroatoms. The van der Waals surface area contributed by atoms with Crippen LogP contribution >= 0.6 is 0 Å². The highest BCUT2D eigenvalue weighted by Crippen LogP contribution is 2.28. The summed E-state index contributed by atoms with van der Waals surface area (Å²) in [5.41, 5.74) is 5.41. The molecule has 7 nitrogen and oxygen atoms in total. The van der Waals surface area contributed by atoms with Gasteiger partial charge in [-0.25, -0.2) is 17.9 Å². The average molecular weight is 314 g/mol. The van der Waals surface area contributed by atoms with Crippen molar-refractivity contribution in [3.05, 3.63) is 23.8 Å². The van der Waals surface area contributed by atoms with Gasteiger partial charge in [-0.3, -0.25) is 0 Å². The third-order valence-electron chi connectivity index (χ3n) is 3.11. The fourth-order valence-corrected chi connectivity index (χ4v) is 3.04. The van der Waals surface area contributed by atoms with Crippen molar-refractivity contribution in [1.82, 2.24) is 4.72 Å². The molecule has 116 valence electrons. The number of hydrogen-bond donors (Lipinski definition) is 3. The van der Waals surface area contributed by atoms with Gasteiger partial charge in [-0.05, 0) is 37.0 Å². The summed E-state index contributed by atoms with van der Waals surface area (Å²) >= 11 is 0. The third-order valence-corrected chi connectivity index (χ3v) is 4.62. The van der Waals surface area contributed by atoms with Crippen LogP contribution in [0.3, 0.4) is 0 Å². The first kappa shape index (κ1) is 15.7. The number of hydrogen-bond acceptors (Lipinski definition) is 5. The van der Waals surface area contributed by atoms with Crippen LogP contribution in [0.5, 0.6) is 0 Å². The minimum absolute atomic E-state index is 0.0862. The standard InChI is InChI=1S/C13H18N2O5S/c14-10-3-4-11(13(16)17)12(7-10)21(18,19)15-5-6-20-8-9-1-2-9/h3-4,7,9,15H,1-2,5-6,8,14H2,(H,16,17). The number of rotatable bonds is 8. The summed E-state index contributed by atoms with van der Waals surface area (Å²) in [5.74, 6) is -0.713. The van der Waals surface area contributed by atoms with E-state index in [-0.39, 0.29) is 29.3 Å². The molecule has 0 aromatic heterocycles. The number of ether oxygens (including phenoxy) is 1. The van der Waals surface area contributed by atoms with Crippen LogP contribution in [0.25, 0.3) is 0 Å². The lowest BCUT2D eigenvalue weighted by molar-refractivity contribution is 0.0692. The van der Waals surface area contributed by atoms with Crippen molar-refractivity contribution in [2.75, 3.05) is 25.5 Å². The Morgan fingerprint density at radius 3 is 2.76 bits per heavy atom. The lowest BCUT2D eigenvalue weighted by atomic mass is 10.2. The Hall–Kier alpha value is -1.64. The summed E-state index contributed by atoms with van der Waals surface area (Å²) in [6.07, 6.45) is 2.33. The molecule has 4 N–H and O–H groups in total. The lowest BCUT2D eigenvalue weighted by Crippen LogP contribution is -2.29. The van der Waals surface area contributed by atoms with Gasteiger partial charge in [0.25, 0.3) is 0 Å². The highest BCUT2D eigenvalue weighted by molar-refractivity contribution is 7.89. The molecule has 0 radical (unpaired) electrons. The Morgan fingerprint density at radius 2 is 2.14 bits per heavy atom. The molecule has 1 fully saturated rings. The van der Waals surface area contributed by atoms with Crippen LogP contribution in [0.1, 0.15) is 23.2 Å². The minimum Gasteiger partial charge on any atom is -0.478 e. The molecule has 1 aromatic carbocycles. The smallest absolute Gasteiger partial charge is 0.337 e. The van der Waals surface area contributed by atoms with E-state index in [0.717, 1.165) is 18.9 Å². The summed E-state index contributed by atoms with van der Waals surface area (Å²) in [4.78, 5) is 10.7. The molecule has 1 aliphatic carbocycles. The number of carboxylic acids is 1. The maximum atomic E-state index is 12.1. The Kier molecular flexibility index (Phi) is 4.81. The summed E-state index contributed by atoms with van der Waals surface area (Å²) in [6.45, 7) is 0.976. The molecule has 1 aromatic rings. The van der Waals surface area contributed by atoms with E-state index in [1.807, 2.05) is 0 Å². The van der Waals surface area contributed by atoms with Gasteiger partial charge in [0.05, 0.1) is 17.1 Å². The van der Waals surface area contributed by atoms with E-state index in [9.17, 15) is 13.2 Å². The fourth-order valence-electron chi connectivity index (χ4n) is 1.80. The van der Waals surface area contributed by atoms with Crippen LogP contribution in [0, 0.1) is 5.92 Å². The summed E-state index contributed by atoms with van der Waals surface area (Å²) in [5, 5.41) is 9.04. The van der Waals surface area contributed by atoms with Crippen LogP contribution in [-0.2, 0) is 14.8 Å². The molecule has 1 saturated carbocycles. The van der Waals surface area contributed by atoms with Gasteiger partial charge in [0.2, 0.25) is 10.0 Å². The molecule has 0 amide bonds. The number of sulfonamides is 1. The first-order chi connectivity index (χ1) is 9.90. The molecule has 21 heavy (non-hydrogen) atoms. The van der Waals surface area contributed by atoms with Crippen molar-refractivity contribution in [3.63, 3.8) is 0 Å². The van der Waals surface area contributed by atoms with Crippen molar-refractivity contribution in [3.8, 4) is 0 Å². The molecule has 0 heterocycles. The predicted octanol–water partition coefficient (Wildman–Crippen LogP) is 0.672. The summed E-state index contributed by atoms with van der Waals surface area (Å²) < 4.78 is 31.9. The molecule has 0 unspecified atom stereocenters. The zero-order valence-electron chi connectivity index (χ0n) is 11.4. The summed E-state index contributed by atoms with van der Waals surface area (Å²) in [6, 6.07) is 3.66. The fraction of sp³-hybridized carbons (Fsp3) is 0.462. The molecule has 0 aliphatic heterocycles. The number of carbonyl (C=O) groups is 1. The second-order valence-electron chi connectivity index (χ2n) is 4.98. The Labute approximate surface area is 123 Å². The quantitative estimate of drug-likeness (QED) is 0.479. The topological polar surface area (TPSA) is 119 Å². The van der Waals surface area contributed by atoms with Gasteiger partial charge in [0.1, 0.15) is 0 Å². The van der Waals surface area contributed by atoms with Crippen LogP contribution < -0.4 is 10.5 Å². The molecule has 0 bridgehead atoms. The Bertz CT molecular complexity index is 625. The van der Waals surface area contributed by atoms with E-state index in [1.54, 1.807) is 0 Å². The van der Waals surface area contributed by atoms with E-state index in [2.05, 4.69) is 4.72 Å². The van der Waals surface area contributed by atoms with Crippen molar-refractivity contribution in [2.45, 2.75) is 17.7 Å². The van der Waals surface area contributed by atoms with Gasteiger partial charge in [0.15, 0.2) is 0 Å². The number of nitrogens with one attached hydrogen (secondary N) is 1. The first-order valence-electron chi connectivity index (χ1n) is 6.60. The number of nitrogens with two attached hydrogens (primary N) is 1. The van der Waals surface area contributed by atoms with Gasteiger partial charge >= 0.3 is 5.97 Å². The molecule has 0 saturated heterocycles. The second-order valence-corrected chi connectivity index (χ2v) is 6.71. The number of nitrogen functional groups attached to an aromatic ring is 1. The maximum absolute atomic E-state index is 12.1. The van der Waals surface area contributed by atoms with Gasteiger partial charge in [-0.1, -0.05) is 0 Å². The van der Waals surface area contributed by atoms with Crippen molar-refractivity contribution >= 4 is 21.7 Å². The SMILES string of the molecule is Nc1ccc(C(=O)O)c(S(=O)(=O)NCCOCC2CC2)c1. The second kappa shape index (κ2) is 6.42. The van der Waals surface area contributed by atoms with E-state index in [4.69, 9.17) is 15.6 Å². The van der Waals surface area contributed by atoms with E-state index >= 15 is 0 Å². The minimum atomic E-state index is -3.93.